The van der Waals surface area contributed by atoms with E-state index in [1.54, 1.807) is 24.5 Å². The van der Waals surface area contributed by atoms with E-state index in [4.69, 9.17) is 9.47 Å². The van der Waals surface area contributed by atoms with Crippen molar-refractivity contribution in [1.82, 2.24) is 14.4 Å². The number of hydrogen-bond donors (Lipinski definition) is 2. The highest BCUT2D eigenvalue weighted by molar-refractivity contribution is 7.90. The van der Waals surface area contributed by atoms with Crippen molar-refractivity contribution in [2.24, 2.45) is 0 Å². The Balaban J connectivity index is 1.54. The zero-order valence-corrected chi connectivity index (χ0v) is 15.2. The lowest BCUT2D eigenvalue weighted by molar-refractivity contribution is 0.174. The molecule has 1 aliphatic heterocycles. The van der Waals surface area contributed by atoms with Crippen LogP contribution in [0.25, 0.3) is 0 Å². The number of aromatic nitrogens is 1. The Labute approximate surface area is 151 Å². The monoisotopic (exact) mass is 399 g/mol. The number of rotatable bonds is 8. The molecule has 2 N–H and O–H groups in total. The first-order valence-electron chi connectivity index (χ1n) is 7.61. The fourth-order valence-electron chi connectivity index (χ4n) is 2.21. The minimum atomic E-state index is -3.86. The molecule has 140 valence electrons. The maximum absolute atomic E-state index is 12.3. The van der Waals surface area contributed by atoms with Crippen molar-refractivity contribution in [3.63, 3.8) is 0 Å². The smallest absolute Gasteiger partial charge is 0.240 e. The predicted octanol–water partition coefficient (Wildman–Crippen LogP) is 0.208. The molecule has 0 saturated carbocycles. The summed E-state index contributed by atoms with van der Waals surface area (Å²) in [6, 6.07) is 7.62. The van der Waals surface area contributed by atoms with Gasteiger partial charge in [0, 0.05) is 31.5 Å². The Hall–Kier alpha value is -2.21. The summed E-state index contributed by atoms with van der Waals surface area (Å²) in [4.78, 5) is 3.87. The van der Waals surface area contributed by atoms with Gasteiger partial charge in [-0.2, -0.15) is 0 Å². The van der Waals surface area contributed by atoms with E-state index in [2.05, 4.69) is 14.4 Å². The van der Waals surface area contributed by atoms with Gasteiger partial charge in [-0.1, -0.05) is 6.07 Å². The lowest BCUT2D eigenvalue weighted by Crippen LogP contribution is -2.34. The quantitative estimate of drug-likeness (QED) is 0.650. The van der Waals surface area contributed by atoms with E-state index < -0.39 is 25.8 Å². The van der Waals surface area contributed by atoms with Crippen molar-refractivity contribution >= 4 is 20.0 Å². The van der Waals surface area contributed by atoms with Gasteiger partial charge in [-0.05, 0) is 23.8 Å². The van der Waals surface area contributed by atoms with Crippen LogP contribution in [0.4, 0.5) is 0 Å². The van der Waals surface area contributed by atoms with E-state index in [1.165, 1.54) is 18.2 Å². The van der Waals surface area contributed by atoms with E-state index in [0.29, 0.717) is 17.1 Å². The van der Waals surface area contributed by atoms with Gasteiger partial charge in [0.15, 0.2) is 11.5 Å². The standard InChI is InChI=1S/C15H17N3O6S2/c19-25(20,18-10-12-2-1-5-16-9-12)7-6-17-26(21,22)13-3-4-14-15(8-13)24-11-23-14/h1-5,8-9,17-18H,6-7,10-11H2. The van der Waals surface area contributed by atoms with Gasteiger partial charge in [-0.15, -0.1) is 0 Å². The van der Waals surface area contributed by atoms with Crippen molar-refractivity contribution < 1.29 is 26.3 Å². The van der Waals surface area contributed by atoms with E-state index in [-0.39, 0.29) is 24.8 Å². The number of sulfonamides is 2. The third kappa shape index (κ3) is 4.69. The van der Waals surface area contributed by atoms with Crippen LogP contribution in [0.5, 0.6) is 11.5 Å². The predicted molar refractivity (Wildman–Crippen MR) is 92.6 cm³/mol. The minimum absolute atomic E-state index is 0.0255. The van der Waals surface area contributed by atoms with E-state index in [0.717, 1.165) is 0 Å². The van der Waals surface area contributed by atoms with Crippen LogP contribution in [0, 0.1) is 0 Å². The van der Waals surface area contributed by atoms with Crippen molar-refractivity contribution in [3.8, 4) is 11.5 Å². The summed E-state index contributed by atoms with van der Waals surface area (Å²) < 4.78 is 63.4. The second-order valence-corrected chi connectivity index (χ2v) is 9.11. The molecule has 26 heavy (non-hydrogen) atoms. The summed E-state index contributed by atoms with van der Waals surface area (Å²) in [6.07, 6.45) is 3.13. The average Bonchev–Trinajstić information content (AvgIpc) is 3.08. The first-order valence-corrected chi connectivity index (χ1v) is 10.7. The Morgan fingerprint density at radius 3 is 2.62 bits per heavy atom. The van der Waals surface area contributed by atoms with Gasteiger partial charge in [0.1, 0.15) is 0 Å². The van der Waals surface area contributed by atoms with Crippen LogP contribution in [0.3, 0.4) is 0 Å². The molecule has 1 aromatic carbocycles. The van der Waals surface area contributed by atoms with Crippen molar-refractivity contribution in [1.29, 1.82) is 0 Å². The molecule has 2 heterocycles. The average molecular weight is 399 g/mol. The molecule has 0 saturated heterocycles. The minimum Gasteiger partial charge on any atom is -0.454 e. The van der Waals surface area contributed by atoms with Crippen LogP contribution in [-0.4, -0.2) is 40.9 Å². The van der Waals surface area contributed by atoms with E-state index in [9.17, 15) is 16.8 Å². The topological polar surface area (TPSA) is 124 Å². The number of benzene rings is 1. The summed E-state index contributed by atoms with van der Waals surface area (Å²) in [7, 11) is -7.50. The molecule has 0 atom stereocenters. The molecule has 1 aliphatic rings. The first kappa shape index (κ1) is 18.6. The molecule has 0 amide bonds. The van der Waals surface area contributed by atoms with E-state index >= 15 is 0 Å². The number of fused-ring (bicyclic) bond motifs is 1. The molecule has 0 unspecified atom stereocenters. The fraction of sp³-hybridized carbons (Fsp3) is 0.267. The zero-order chi connectivity index (χ0) is 18.6. The molecular formula is C15H17N3O6S2. The number of ether oxygens (including phenoxy) is 2. The van der Waals surface area contributed by atoms with E-state index in [1.807, 2.05) is 0 Å². The van der Waals surface area contributed by atoms with Crippen LogP contribution in [0.1, 0.15) is 5.56 Å². The Kier molecular flexibility index (Phi) is 5.41. The maximum atomic E-state index is 12.3. The normalized spacial score (nSPS) is 13.7. The van der Waals surface area contributed by atoms with Gasteiger partial charge in [0.25, 0.3) is 0 Å². The van der Waals surface area contributed by atoms with Gasteiger partial charge in [0.05, 0.1) is 10.6 Å². The zero-order valence-electron chi connectivity index (χ0n) is 13.6. The van der Waals surface area contributed by atoms with Gasteiger partial charge in [-0.25, -0.2) is 26.3 Å². The van der Waals surface area contributed by atoms with Crippen LogP contribution < -0.4 is 18.9 Å². The SMILES string of the molecule is O=S(=O)(CCNS(=O)(=O)c1ccc2c(c1)OCO2)NCc1cccnc1. The highest BCUT2D eigenvalue weighted by Crippen LogP contribution is 2.33. The third-order valence-corrected chi connectivity index (χ3v) is 6.32. The Morgan fingerprint density at radius 1 is 1.04 bits per heavy atom. The lowest BCUT2D eigenvalue weighted by atomic mass is 10.3. The Morgan fingerprint density at radius 2 is 1.85 bits per heavy atom. The van der Waals surface area contributed by atoms with Crippen molar-refractivity contribution in [2.45, 2.75) is 11.4 Å². The largest absolute Gasteiger partial charge is 0.454 e. The second-order valence-electron chi connectivity index (χ2n) is 5.41. The molecule has 0 aliphatic carbocycles. The summed E-state index contributed by atoms with van der Waals surface area (Å²) in [6.45, 7) is -0.142. The molecule has 0 bridgehead atoms. The summed E-state index contributed by atoms with van der Waals surface area (Å²) >= 11 is 0. The second kappa shape index (κ2) is 7.58. The van der Waals surface area contributed by atoms with Gasteiger partial charge < -0.3 is 9.47 Å². The van der Waals surface area contributed by atoms with Crippen LogP contribution in [0.15, 0.2) is 47.6 Å². The number of nitrogens with zero attached hydrogens (tertiary/aromatic N) is 1. The molecule has 0 fully saturated rings. The molecule has 1 aromatic heterocycles. The van der Waals surface area contributed by atoms with Crippen LogP contribution in [0.2, 0.25) is 0 Å². The number of nitrogens with one attached hydrogen (secondary N) is 2. The fourth-order valence-corrected chi connectivity index (χ4v) is 4.28. The van der Waals surface area contributed by atoms with Crippen LogP contribution >= 0.6 is 0 Å². The molecule has 3 rings (SSSR count). The number of pyridine rings is 1. The summed E-state index contributed by atoms with van der Waals surface area (Å²) in [5, 5.41) is 0. The van der Waals surface area contributed by atoms with Gasteiger partial charge in [-0.3, -0.25) is 4.98 Å². The summed E-state index contributed by atoms with van der Waals surface area (Å²) in [5.74, 6) is 0.404. The van der Waals surface area contributed by atoms with Crippen molar-refractivity contribution in [2.75, 3.05) is 19.1 Å². The molecule has 0 spiro atoms. The lowest BCUT2D eigenvalue weighted by Gasteiger charge is -2.09. The highest BCUT2D eigenvalue weighted by Gasteiger charge is 2.21. The first-order chi connectivity index (χ1) is 12.4. The molecule has 11 heteroatoms. The highest BCUT2D eigenvalue weighted by atomic mass is 32.2. The maximum Gasteiger partial charge on any atom is 0.240 e. The number of hydrogen-bond acceptors (Lipinski definition) is 7. The Bertz CT molecular complexity index is 978. The van der Waals surface area contributed by atoms with Gasteiger partial charge in [0.2, 0.25) is 26.8 Å². The van der Waals surface area contributed by atoms with Gasteiger partial charge >= 0.3 is 0 Å². The molecule has 9 nitrogen and oxygen atoms in total. The third-order valence-electron chi connectivity index (χ3n) is 3.54. The van der Waals surface area contributed by atoms with Crippen molar-refractivity contribution in [3.05, 3.63) is 48.3 Å². The molecular weight excluding hydrogens is 382 g/mol. The molecule has 0 radical (unpaired) electrons. The summed E-state index contributed by atoms with van der Waals surface area (Å²) in [5.41, 5.74) is 0.706. The molecule has 2 aromatic rings. The van der Waals surface area contributed by atoms with Crippen LogP contribution in [-0.2, 0) is 26.6 Å².